The molecule has 1 aromatic heterocycles. The third kappa shape index (κ3) is 3.16. The zero-order valence-electron chi connectivity index (χ0n) is 14.0. The van der Waals surface area contributed by atoms with Gasteiger partial charge in [0.15, 0.2) is 5.82 Å². The Hall–Kier alpha value is -3.06. The number of hydrogen-bond donors (Lipinski definition) is 0. The maximum atomic E-state index is 9.57. The SMILES string of the molecule is CC(C)Oc1ccc(/C=C(/C#N)c2nc3ccccc3n2C)cc1. The van der Waals surface area contributed by atoms with E-state index in [1.54, 1.807) is 0 Å². The Morgan fingerprint density at radius 1 is 1.17 bits per heavy atom. The van der Waals surface area contributed by atoms with Crippen LogP contribution in [0.2, 0.25) is 0 Å². The molecule has 0 N–H and O–H groups in total. The second-order valence-electron chi connectivity index (χ2n) is 5.89. The molecule has 4 nitrogen and oxygen atoms in total. The minimum absolute atomic E-state index is 0.140. The zero-order valence-corrected chi connectivity index (χ0v) is 14.0. The van der Waals surface area contributed by atoms with E-state index in [1.165, 1.54) is 0 Å². The standard InChI is InChI=1S/C20H19N3O/c1-14(2)24-17-10-8-15(9-11-17)12-16(13-21)20-22-18-6-4-5-7-19(18)23(20)3/h4-12,14H,1-3H3/b16-12-. The number of para-hydroxylation sites is 2. The molecule has 0 spiro atoms. The van der Waals surface area contributed by atoms with E-state index in [1.807, 2.05) is 80.1 Å². The smallest absolute Gasteiger partial charge is 0.151 e. The number of nitrogens with zero attached hydrogens (tertiary/aromatic N) is 3. The molecular weight excluding hydrogens is 298 g/mol. The van der Waals surface area contributed by atoms with Crippen LogP contribution in [-0.4, -0.2) is 15.7 Å². The third-order valence-corrected chi connectivity index (χ3v) is 3.71. The lowest BCUT2D eigenvalue weighted by Crippen LogP contribution is -2.05. The molecule has 0 saturated heterocycles. The molecule has 4 heteroatoms. The van der Waals surface area contributed by atoms with E-state index in [9.17, 15) is 5.26 Å². The Kier molecular flexibility index (Phi) is 4.35. The van der Waals surface area contributed by atoms with Crippen LogP contribution < -0.4 is 4.74 Å². The highest BCUT2D eigenvalue weighted by Crippen LogP contribution is 2.23. The van der Waals surface area contributed by atoms with Crippen molar-refractivity contribution in [3.05, 3.63) is 59.9 Å². The minimum Gasteiger partial charge on any atom is -0.491 e. The van der Waals surface area contributed by atoms with Gasteiger partial charge in [0.25, 0.3) is 0 Å². The number of benzene rings is 2. The number of aromatic nitrogens is 2. The normalized spacial score (nSPS) is 11.7. The molecule has 120 valence electrons. The number of hydrogen-bond acceptors (Lipinski definition) is 3. The predicted molar refractivity (Wildman–Crippen MR) is 96.4 cm³/mol. The molecule has 24 heavy (non-hydrogen) atoms. The van der Waals surface area contributed by atoms with Crippen LogP contribution in [0.5, 0.6) is 5.75 Å². The van der Waals surface area contributed by atoms with Crippen molar-refractivity contribution in [1.29, 1.82) is 5.26 Å². The second kappa shape index (κ2) is 6.59. The summed E-state index contributed by atoms with van der Waals surface area (Å²) in [4.78, 5) is 4.58. The monoisotopic (exact) mass is 317 g/mol. The van der Waals surface area contributed by atoms with Crippen LogP contribution in [0.1, 0.15) is 25.2 Å². The molecule has 3 aromatic rings. The first-order valence-electron chi connectivity index (χ1n) is 7.89. The van der Waals surface area contributed by atoms with E-state index >= 15 is 0 Å². The number of ether oxygens (including phenoxy) is 1. The first-order valence-corrected chi connectivity index (χ1v) is 7.89. The van der Waals surface area contributed by atoms with Gasteiger partial charge in [-0.05, 0) is 49.8 Å². The fourth-order valence-corrected chi connectivity index (χ4v) is 2.61. The van der Waals surface area contributed by atoms with E-state index < -0.39 is 0 Å². The Morgan fingerprint density at radius 3 is 2.50 bits per heavy atom. The lowest BCUT2D eigenvalue weighted by atomic mass is 10.1. The summed E-state index contributed by atoms with van der Waals surface area (Å²) in [5.41, 5.74) is 3.37. The highest BCUT2D eigenvalue weighted by atomic mass is 16.5. The van der Waals surface area contributed by atoms with Gasteiger partial charge in [0, 0.05) is 7.05 Å². The molecule has 1 heterocycles. The molecule has 0 amide bonds. The van der Waals surface area contributed by atoms with Gasteiger partial charge in [-0.15, -0.1) is 0 Å². The van der Waals surface area contributed by atoms with Gasteiger partial charge >= 0.3 is 0 Å². The highest BCUT2D eigenvalue weighted by Gasteiger charge is 2.11. The van der Waals surface area contributed by atoms with Crippen molar-refractivity contribution in [2.24, 2.45) is 7.05 Å². The van der Waals surface area contributed by atoms with Gasteiger partial charge in [-0.1, -0.05) is 24.3 Å². The van der Waals surface area contributed by atoms with Gasteiger partial charge in [0.1, 0.15) is 11.8 Å². The molecule has 0 saturated carbocycles. The van der Waals surface area contributed by atoms with Crippen LogP contribution >= 0.6 is 0 Å². The van der Waals surface area contributed by atoms with Crippen molar-refractivity contribution < 1.29 is 4.74 Å². The van der Waals surface area contributed by atoms with Gasteiger partial charge in [-0.25, -0.2) is 4.98 Å². The average Bonchev–Trinajstić information content (AvgIpc) is 2.91. The van der Waals surface area contributed by atoms with Gasteiger partial charge < -0.3 is 9.30 Å². The number of fused-ring (bicyclic) bond motifs is 1. The van der Waals surface area contributed by atoms with Crippen molar-refractivity contribution in [2.75, 3.05) is 0 Å². The fraction of sp³-hybridized carbons (Fsp3) is 0.200. The molecule has 0 fully saturated rings. The van der Waals surface area contributed by atoms with E-state index in [-0.39, 0.29) is 6.10 Å². The van der Waals surface area contributed by atoms with Crippen LogP contribution in [0.15, 0.2) is 48.5 Å². The maximum absolute atomic E-state index is 9.57. The first kappa shape index (κ1) is 15.8. The predicted octanol–water partition coefficient (Wildman–Crippen LogP) is 4.42. The molecule has 0 radical (unpaired) electrons. The summed E-state index contributed by atoms with van der Waals surface area (Å²) in [6, 6.07) is 17.8. The van der Waals surface area contributed by atoms with Crippen molar-refractivity contribution in [1.82, 2.24) is 9.55 Å². The fourth-order valence-electron chi connectivity index (χ4n) is 2.61. The molecule has 0 bridgehead atoms. The number of aryl methyl sites for hydroxylation is 1. The van der Waals surface area contributed by atoms with Crippen molar-refractivity contribution in [3.8, 4) is 11.8 Å². The quantitative estimate of drug-likeness (QED) is 0.669. The zero-order chi connectivity index (χ0) is 17.1. The first-order chi connectivity index (χ1) is 11.6. The van der Waals surface area contributed by atoms with E-state index in [2.05, 4.69) is 11.1 Å². The van der Waals surface area contributed by atoms with E-state index in [4.69, 9.17) is 4.74 Å². The summed E-state index contributed by atoms with van der Waals surface area (Å²) < 4.78 is 7.59. The average molecular weight is 317 g/mol. The number of allylic oxidation sites excluding steroid dienone is 1. The summed E-state index contributed by atoms with van der Waals surface area (Å²) in [7, 11) is 1.93. The molecule has 0 aliphatic heterocycles. The highest BCUT2D eigenvalue weighted by molar-refractivity contribution is 5.90. The van der Waals surface area contributed by atoms with Crippen LogP contribution in [-0.2, 0) is 7.05 Å². The lowest BCUT2D eigenvalue weighted by molar-refractivity contribution is 0.242. The second-order valence-corrected chi connectivity index (χ2v) is 5.89. The molecule has 0 aliphatic rings. The Morgan fingerprint density at radius 2 is 1.88 bits per heavy atom. The van der Waals surface area contributed by atoms with Crippen LogP contribution in [0.3, 0.4) is 0 Å². The Bertz CT molecular complexity index is 928. The van der Waals surface area contributed by atoms with Gasteiger partial charge in [-0.3, -0.25) is 0 Å². The molecule has 3 rings (SSSR count). The number of imidazole rings is 1. The van der Waals surface area contributed by atoms with Gasteiger partial charge in [-0.2, -0.15) is 5.26 Å². The molecule has 0 aliphatic carbocycles. The van der Waals surface area contributed by atoms with Crippen molar-refractivity contribution in [2.45, 2.75) is 20.0 Å². The van der Waals surface area contributed by atoms with Crippen LogP contribution in [0, 0.1) is 11.3 Å². The summed E-state index contributed by atoms with van der Waals surface area (Å²) in [6.07, 6.45) is 1.99. The molecule has 0 atom stereocenters. The van der Waals surface area contributed by atoms with Crippen molar-refractivity contribution >= 4 is 22.7 Å². The van der Waals surface area contributed by atoms with Crippen LogP contribution in [0.4, 0.5) is 0 Å². The molecule has 2 aromatic carbocycles. The molecule has 0 unspecified atom stereocenters. The largest absolute Gasteiger partial charge is 0.491 e. The topological polar surface area (TPSA) is 50.8 Å². The van der Waals surface area contributed by atoms with Crippen molar-refractivity contribution in [3.63, 3.8) is 0 Å². The van der Waals surface area contributed by atoms with Gasteiger partial charge in [0.2, 0.25) is 0 Å². The number of nitriles is 1. The Labute approximate surface area is 141 Å². The van der Waals surface area contributed by atoms with E-state index in [0.717, 1.165) is 22.3 Å². The Balaban J connectivity index is 1.97. The summed E-state index contributed by atoms with van der Waals surface area (Å²) >= 11 is 0. The summed E-state index contributed by atoms with van der Waals surface area (Å²) in [6.45, 7) is 3.99. The number of rotatable bonds is 4. The summed E-state index contributed by atoms with van der Waals surface area (Å²) in [5, 5.41) is 9.57. The maximum Gasteiger partial charge on any atom is 0.151 e. The van der Waals surface area contributed by atoms with Gasteiger partial charge in [0.05, 0.1) is 22.7 Å². The third-order valence-electron chi connectivity index (χ3n) is 3.71. The lowest BCUT2D eigenvalue weighted by Gasteiger charge is -2.09. The minimum atomic E-state index is 0.140. The summed E-state index contributed by atoms with van der Waals surface area (Å²) in [5.74, 6) is 1.49. The van der Waals surface area contributed by atoms with Crippen LogP contribution in [0.25, 0.3) is 22.7 Å². The van der Waals surface area contributed by atoms with E-state index in [0.29, 0.717) is 11.4 Å². The molecular formula is C20H19N3O.